The molecule has 0 amide bonds. The van der Waals surface area contributed by atoms with Gasteiger partial charge in [-0.05, 0) is 38.3 Å². The summed E-state index contributed by atoms with van der Waals surface area (Å²) in [4.78, 5) is 11.9. The van der Waals surface area contributed by atoms with E-state index in [2.05, 4.69) is 13.8 Å². The molecule has 1 unspecified atom stereocenters. The van der Waals surface area contributed by atoms with Gasteiger partial charge in [0.1, 0.15) is 0 Å². The maximum Gasteiger partial charge on any atom is 0.308 e. The predicted octanol–water partition coefficient (Wildman–Crippen LogP) is 4.24. The van der Waals surface area contributed by atoms with E-state index in [9.17, 15) is 13.2 Å². The molecule has 1 aromatic rings. The summed E-state index contributed by atoms with van der Waals surface area (Å²) in [6, 6.07) is 6.49. The van der Waals surface area contributed by atoms with Gasteiger partial charge in [0.15, 0.2) is 0 Å². The van der Waals surface area contributed by atoms with Gasteiger partial charge in [0.2, 0.25) is 0 Å². The van der Waals surface area contributed by atoms with Crippen molar-refractivity contribution in [2.75, 3.05) is 6.61 Å². The lowest BCUT2D eigenvalue weighted by Crippen LogP contribution is -2.25. The zero-order chi connectivity index (χ0) is 18.9. The van der Waals surface area contributed by atoms with Crippen molar-refractivity contribution < 1.29 is 22.1 Å². The van der Waals surface area contributed by atoms with Gasteiger partial charge in [0, 0.05) is 0 Å². The topological polar surface area (TPSA) is 69.7 Å². The first-order chi connectivity index (χ1) is 11.8. The van der Waals surface area contributed by atoms with Gasteiger partial charge in [-0.2, -0.15) is 8.42 Å². The Kier molecular flexibility index (Phi) is 9.14. The van der Waals surface area contributed by atoms with Crippen molar-refractivity contribution in [3.8, 4) is 0 Å². The van der Waals surface area contributed by atoms with Crippen LogP contribution in [0.4, 0.5) is 0 Å². The molecular weight excluding hydrogens is 340 g/mol. The maximum absolute atomic E-state index is 12.5. The SMILES string of the molecule is CCCC[C@@H](C)CC(CC(=O)OCC)OS(=O)(=O)c1ccc(C)cc1. The third kappa shape index (κ3) is 8.01. The summed E-state index contributed by atoms with van der Waals surface area (Å²) >= 11 is 0. The Bertz CT molecular complexity index is 622. The minimum absolute atomic E-state index is 0.0601. The van der Waals surface area contributed by atoms with Crippen LogP contribution in [0.15, 0.2) is 29.2 Å². The number of carbonyl (C=O) groups excluding carboxylic acids is 1. The van der Waals surface area contributed by atoms with Gasteiger partial charge < -0.3 is 4.74 Å². The molecule has 0 saturated carbocycles. The first kappa shape index (κ1) is 21.6. The molecule has 0 aliphatic rings. The van der Waals surface area contributed by atoms with Crippen LogP contribution in [0.5, 0.6) is 0 Å². The summed E-state index contributed by atoms with van der Waals surface area (Å²) in [5.41, 5.74) is 0.968. The van der Waals surface area contributed by atoms with Crippen molar-refractivity contribution in [3.63, 3.8) is 0 Å². The Morgan fingerprint density at radius 2 is 1.80 bits per heavy atom. The van der Waals surface area contributed by atoms with E-state index in [0.29, 0.717) is 6.42 Å². The standard InChI is InChI=1S/C19H30O5S/c1-5-7-8-16(4)13-17(14-19(20)23-6-2)24-25(21,22)18-11-9-15(3)10-12-18/h9-12,16-17H,5-8,13-14H2,1-4H3/t16-,17?/m1/s1. The Morgan fingerprint density at radius 1 is 1.16 bits per heavy atom. The smallest absolute Gasteiger partial charge is 0.308 e. The fourth-order valence-corrected chi connectivity index (χ4v) is 3.71. The van der Waals surface area contributed by atoms with Crippen LogP contribution in [-0.4, -0.2) is 27.1 Å². The summed E-state index contributed by atoms with van der Waals surface area (Å²) in [5.74, 6) is -0.165. The molecule has 0 aliphatic carbocycles. The zero-order valence-electron chi connectivity index (χ0n) is 15.7. The van der Waals surface area contributed by atoms with Gasteiger partial charge in [0.05, 0.1) is 24.0 Å². The van der Waals surface area contributed by atoms with Crippen LogP contribution in [0, 0.1) is 12.8 Å². The van der Waals surface area contributed by atoms with E-state index in [-0.39, 0.29) is 23.8 Å². The highest BCUT2D eigenvalue weighted by Gasteiger charge is 2.26. The average Bonchev–Trinajstić information content (AvgIpc) is 2.53. The largest absolute Gasteiger partial charge is 0.466 e. The molecule has 0 fully saturated rings. The number of carbonyl (C=O) groups is 1. The molecule has 142 valence electrons. The molecule has 0 spiro atoms. The van der Waals surface area contributed by atoms with E-state index in [1.165, 1.54) is 12.1 Å². The molecule has 5 nitrogen and oxygen atoms in total. The Balaban J connectivity index is 2.86. The second-order valence-electron chi connectivity index (χ2n) is 6.48. The summed E-state index contributed by atoms with van der Waals surface area (Å²) < 4.78 is 35.4. The predicted molar refractivity (Wildman–Crippen MR) is 97.8 cm³/mol. The van der Waals surface area contributed by atoms with E-state index < -0.39 is 22.2 Å². The van der Waals surface area contributed by atoms with Crippen molar-refractivity contribution in [2.45, 2.75) is 70.8 Å². The molecule has 1 rings (SSSR count). The normalized spacial score (nSPS) is 14.1. The number of unbranched alkanes of at least 4 members (excludes halogenated alkanes) is 1. The highest BCUT2D eigenvalue weighted by Crippen LogP contribution is 2.23. The second kappa shape index (κ2) is 10.6. The number of hydrogen-bond acceptors (Lipinski definition) is 5. The molecule has 0 radical (unpaired) electrons. The first-order valence-electron chi connectivity index (χ1n) is 8.94. The van der Waals surface area contributed by atoms with E-state index >= 15 is 0 Å². The molecule has 0 saturated heterocycles. The van der Waals surface area contributed by atoms with Crippen LogP contribution in [0.2, 0.25) is 0 Å². The molecule has 1 aromatic carbocycles. The van der Waals surface area contributed by atoms with E-state index in [1.807, 2.05) is 6.92 Å². The average molecular weight is 371 g/mol. The zero-order valence-corrected chi connectivity index (χ0v) is 16.5. The van der Waals surface area contributed by atoms with Crippen molar-refractivity contribution in [3.05, 3.63) is 29.8 Å². The van der Waals surface area contributed by atoms with Crippen LogP contribution >= 0.6 is 0 Å². The lowest BCUT2D eigenvalue weighted by molar-refractivity contribution is -0.145. The molecule has 0 N–H and O–H groups in total. The summed E-state index contributed by atoms with van der Waals surface area (Å²) in [5, 5.41) is 0. The van der Waals surface area contributed by atoms with Crippen molar-refractivity contribution in [1.82, 2.24) is 0 Å². The number of aryl methyl sites for hydroxylation is 1. The number of ether oxygens (including phenoxy) is 1. The minimum atomic E-state index is -3.91. The molecular formula is C19H30O5S. The second-order valence-corrected chi connectivity index (χ2v) is 8.05. The highest BCUT2D eigenvalue weighted by molar-refractivity contribution is 7.86. The quantitative estimate of drug-likeness (QED) is 0.430. The molecule has 2 atom stereocenters. The molecule has 0 aliphatic heterocycles. The molecule has 0 bridgehead atoms. The Morgan fingerprint density at radius 3 is 2.36 bits per heavy atom. The number of hydrogen-bond donors (Lipinski definition) is 0. The lowest BCUT2D eigenvalue weighted by Gasteiger charge is -2.20. The van der Waals surface area contributed by atoms with Gasteiger partial charge in [-0.25, -0.2) is 0 Å². The third-order valence-corrected chi connectivity index (χ3v) is 5.36. The monoisotopic (exact) mass is 370 g/mol. The Hall–Kier alpha value is -1.40. The van der Waals surface area contributed by atoms with Gasteiger partial charge in [-0.3, -0.25) is 8.98 Å². The van der Waals surface area contributed by atoms with Crippen LogP contribution in [0.1, 0.15) is 58.4 Å². The van der Waals surface area contributed by atoms with E-state index in [4.69, 9.17) is 8.92 Å². The van der Waals surface area contributed by atoms with Crippen LogP contribution < -0.4 is 0 Å². The van der Waals surface area contributed by atoms with Gasteiger partial charge in [-0.1, -0.05) is 50.8 Å². The van der Waals surface area contributed by atoms with Gasteiger partial charge in [0.25, 0.3) is 10.1 Å². The number of rotatable bonds is 11. The molecule has 0 aromatic heterocycles. The van der Waals surface area contributed by atoms with Gasteiger partial charge in [-0.15, -0.1) is 0 Å². The van der Waals surface area contributed by atoms with Crippen LogP contribution in [-0.2, 0) is 23.8 Å². The van der Waals surface area contributed by atoms with Crippen molar-refractivity contribution >= 4 is 16.1 Å². The summed E-state index contributed by atoms with van der Waals surface area (Å²) in [6.45, 7) is 8.04. The number of esters is 1. The van der Waals surface area contributed by atoms with Crippen molar-refractivity contribution in [2.24, 2.45) is 5.92 Å². The fraction of sp³-hybridized carbons (Fsp3) is 0.632. The lowest BCUT2D eigenvalue weighted by atomic mass is 9.96. The van der Waals surface area contributed by atoms with E-state index in [0.717, 1.165) is 24.8 Å². The highest BCUT2D eigenvalue weighted by atomic mass is 32.2. The third-order valence-electron chi connectivity index (χ3n) is 3.99. The van der Waals surface area contributed by atoms with E-state index in [1.54, 1.807) is 19.1 Å². The fourth-order valence-electron chi connectivity index (χ4n) is 2.62. The van der Waals surface area contributed by atoms with Crippen LogP contribution in [0.25, 0.3) is 0 Å². The maximum atomic E-state index is 12.5. The first-order valence-corrected chi connectivity index (χ1v) is 10.3. The molecule has 0 heterocycles. The molecule has 25 heavy (non-hydrogen) atoms. The minimum Gasteiger partial charge on any atom is -0.466 e. The summed E-state index contributed by atoms with van der Waals surface area (Å²) in [6.07, 6.45) is 2.86. The van der Waals surface area contributed by atoms with Crippen molar-refractivity contribution in [1.29, 1.82) is 0 Å². The summed E-state index contributed by atoms with van der Waals surface area (Å²) in [7, 11) is -3.91. The molecule has 6 heteroatoms. The van der Waals surface area contributed by atoms with Crippen LogP contribution in [0.3, 0.4) is 0 Å². The Labute approximate surface area is 151 Å². The van der Waals surface area contributed by atoms with Gasteiger partial charge >= 0.3 is 5.97 Å². The number of benzene rings is 1.